The molecule has 0 fully saturated rings. The Morgan fingerprint density at radius 3 is 3.05 bits per heavy atom. The van der Waals surface area contributed by atoms with E-state index >= 15 is 0 Å². The van der Waals surface area contributed by atoms with E-state index in [2.05, 4.69) is 10.4 Å². The number of nitrogens with one attached hydrogen (secondary N) is 1. The summed E-state index contributed by atoms with van der Waals surface area (Å²) in [4.78, 5) is 9.95. The van der Waals surface area contributed by atoms with Crippen LogP contribution in [-0.4, -0.2) is 52.7 Å². The van der Waals surface area contributed by atoms with Crippen LogP contribution < -0.4 is 5.32 Å². The Bertz CT molecular complexity index is 383. The second-order valence-corrected chi connectivity index (χ2v) is 4.24. The number of ether oxygens (including phenoxy) is 1. The van der Waals surface area contributed by atoms with Gasteiger partial charge in [0.25, 0.3) is 0 Å². The van der Waals surface area contributed by atoms with E-state index in [0.29, 0.717) is 6.54 Å². The fourth-order valence-corrected chi connectivity index (χ4v) is 1.59. The molecule has 1 aromatic rings. The van der Waals surface area contributed by atoms with E-state index in [1.807, 2.05) is 0 Å². The van der Waals surface area contributed by atoms with Crippen LogP contribution in [0.1, 0.15) is 12.8 Å². The molecule has 1 aromatic heterocycles. The summed E-state index contributed by atoms with van der Waals surface area (Å²) in [5, 5.41) is 27.1. The van der Waals surface area contributed by atoms with E-state index < -0.39 is 11.0 Å². The van der Waals surface area contributed by atoms with Crippen molar-refractivity contribution in [1.82, 2.24) is 15.1 Å². The minimum Gasteiger partial charge on any atom is -0.390 e. The fourth-order valence-electron chi connectivity index (χ4n) is 1.59. The maximum atomic E-state index is 10.5. The van der Waals surface area contributed by atoms with Gasteiger partial charge in [-0.05, 0) is 19.4 Å². The number of aromatic nitrogens is 2. The highest BCUT2D eigenvalue weighted by atomic mass is 16.6. The summed E-state index contributed by atoms with van der Waals surface area (Å²) in [7, 11) is 1.67. The van der Waals surface area contributed by atoms with Gasteiger partial charge in [0.1, 0.15) is 12.4 Å². The van der Waals surface area contributed by atoms with Crippen LogP contribution in [0.5, 0.6) is 0 Å². The molecule has 0 radical (unpaired) electrons. The van der Waals surface area contributed by atoms with E-state index in [9.17, 15) is 15.2 Å². The van der Waals surface area contributed by atoms with E-state index in [1.165, 1.54) is 17.1 Å². The van der Waals surface area contributed by atoms with Crippen molar-refractivity contribution in [2.75, 3.05) is 26.8 Å². The molecule has 0 saturated carbocycles. The van der Waals surface area contributed by atoms with Crippen molar-refractivity contribution in [3.05, 3.63) is 22.5 Å². The lowest BCUT2D eigenvalue weighted by atomic mass is 10.3. The molecule has 1 atom stereocenters. The molecule has 1 unspecified atom stereocenters. The summed E-state index contributed by atoms with van der Waals surface area (Å²) in [5.74, 6) is 0. The number of aliphatic hydroxyl groups is 1. The van der Waals surface area contributed by atoms with Gasteiger partial charge in [0, 0.05) is 20.3 Å². The fraction of sp³-hybridized carbons (Fsp3) is 0.727. The molecule has 19 heavy (non-hydrogen) atoms. The number of nitro groups is 1. The number of hydrogen-bond donors (Lipinski definition) is 2. The van der Waals surface area contributed by atoms with Crippen LogP contribution in [0.2, 0.25) is 0 Å². The normalized spacial score (nSPS) is 12.5. The predicted octanol–water partition coefficient (Wildman–Crippen LogP) is 0.168. The smallest absolute Gasteiger partial charge is 0.306 e. The van der Waals surface area contributed by atoms with Crippen molar-refractivity contribution in [3.63, 3.8) is 0 Å². The summed E-state index contributed by atoms with van der Waals surface area (Å²) >= 11 is 0. The average molecular weight is 272 g/mol. The number of nitrogens with zero attached hydrogens (tertiary/aromatic N) is 3. The van der Waals surface area contributed by atoms with Crippen LogP contribution in [0, 0.1) is 10.1 Å². The molecular formula is C11H20N4O4. The topological polar surface area (TPSA) is 102 Å². The number of hydrogen-bond acceptors (Lipinski definition) is 6. The first-order valence-electron chi connectivity index (χ1n) is 6.18. The monoisotopic (exact) mass is 272 g/mol. The van der Waals surface area contributed by atoms with Crippen LogP contribution in [0.4, 0.5) is 5.69 Å². The molecule has 0 aliphatic rings. The average Bonchev–Trinajstić information content (AvgIpc) is 2.82. The third-order valence-corrected chi connectivity index (χ3v) is 2.56. The molecule has 0 aromatic carbocycles. The predicted molar refractivity (Wildman–Crippen MR) is 68.9 cm³/mol. The van der Waals surface area contributed by atoms with Gasteiger partial charge in [0.05, 0.1) is 17.6 Å². The molecule has 8 nitrogen and oxygen atoms in total. The molecular weight excluding hydrogens is 252 g/mol. The van der Waals surface area contributed by atoms with Gasteiger partial charge >= 0.3 is 5.69 Å². The van der Waals surface area contributed by atoms with Gasteiger partial charge < -0.3 is 15.2 Å². The third kappa shape index (κ3) is 6.27. The largest absolute Gasteiger partial charge is 0.390 e. The number of rotatable bonds is 10. The molecule has 0 bridgehead atoms. The minimum atomic E-state index is -0.623. The summed E-state index contributed by atoms with van der Waals surface area (Å²) in [6.07, 6.45) is 3.81. The Balaban J connectivity index is 2.16. The molecule has 108 valence electrons. The van der Waals surface area contributed by atoms with Crippen LogP contribution >= 0.6 is 0 Å². The number of unbranched alkanes of at least 4 members (excludes halogenated alkanes) is 1. The van der Waals surface area contributed by atoms with Gasteiger partial charge in [-0.3, -0.25) is 14.8 Å². The minimum absolute atomic E-state index is 0.0697. The first kappa shape index (κ1) is 15.5. The van der Waals surface area contributed by atoms with Gasteiger partial charge in [-0.25, -0.2) is 0 Å². The Labute approximate surface area is 111 Å². The Morgan fingerprint density at radius 2 is 2.42 bits per heavy atom. The van der Waals surface area contributed by atoms with Crippen LogP contribution in [0.25, 0.3) is 0 Å². The molecule has 8 heteroatoms. The molecule has 0 amide bonds. The number of methoxy groups -OCH3 is 1. The van der Waals surface area contributed by atoms with E-state index in [4.69, 9.17) is 4.74 Å². The molecule has 1 heterocycles. The summed E-state index contributed by atoms with van der Waals surface area (Å²) in [6, 6.07) is 0. The molecule has 0 aliphatic heterocycles. The second kappa shape index (κ2) is 8.57. The van der Waals surface area contributed by atoms with Gasteiger partial charge in [-0.15, -0.1) is 0 Å². The second-order valence-electron chi connectivity index (χ2n) is 4.24. The maximum Gasteiger partial charge on any atom is 0.306 e. The first-order chi connectivity index (χ1) is 9.13. The Kier molecular flexibility index (Phi) is 7.01. The molecule has 0 saturated heterocycles. The molecule has 1 rings (SSSR count). The Hall–Kier alpha value is -1.51. The van der Waals surface area contributed by atoms with Gasteiger partial charge in [-0.1, -0.05) is 0 Å². The zero-order chi connectivity index (χ0) is 14.1. The highest BCUT2D eigenvalue weighted by Gasteiger charge is 2.11. The van der Waals surface area contributed by atoms with E-state index in [0.717, 1.165) is 26.0 Å². The van der Waals surface area contributed by atoms with Crippen LogP contribution in [0.3, 0.4) is 0 Å². The standard InChI is InChI=1S/C11H20N4O4/c1-19-5-3-2-4-12-7-11(16)9-14-8-10(6-13-14)15(17)18/h6,8,11-12,16H,2-5,7,9H2,1H3. The Morgan fingerprint density at radius 1 is 1.63 bits per heavy atom. The van der Waals surface area contributed by atoms with Crippen molar-refractivity contribution in [1.29, 1.82) is 0 Å². The van der Waals surface area contributed by atoms with Gasteiger partial charge in [-0.2, -0.15) is 5.10 Å². The quantitative estimate of drug-likeness (QED) is 0.357. The van der Waals surface area contributed by atoms with Crippen molar-refractivity contribution in [2.45, 2.75) is 25.5 Å². The van der Waals surface area contributed by atoms with Crippen molar-refractivity contribution in [2.24, 2.45) is 0 Å². The van der Waals surface area contributed by atoms with Gasteiger partial charge in [0.2, 0.25) is 0 Å². The highest BCUT2D eigenvalue weighted by molar-refractivity contribution is 5.20. The third-order valence-electron chi connectivity index (χ3n) is 2.56. The number of aliphatic hydroxyl groups excluding tert-OH is 1. The van der Waals surface area contributed by atoms with Crippen molar-refractivity contribution < 1.29 is 14.8 Å². The lowest BCUT2D eigenvalue weighted by Crippen LogP contribution is -2.31. The SMILES string of the molecule is COCCCCNCC(O)Cn1cc([N+](=O)[O-])cn1. The lowest BCUT2D eigenvalue weighted by molar-refractivity contribution is -0.385. The molecule has 0 spiro atoms. The maximum absolute atomic E-state index is 10.5. The summed E-state index contributed by atoms with van der Waals surface area (Å²) < 4.78 is 6.30. The van der Waals surface area contributed by atoms with E-state index in [-0.39, 0.29) is 12.2 Å². The highest BCUT2D eigenvalue weighted by Crippen LogP contribution is 2.07. The van der Waals surface area contributed by atoms with Gasteiger partial charge in [0.15, 0.2) is 0 Å². The van der Waals surface area contributed by atoms with E-state index in [1.54, 1.807) is 7.11 Å². The lowest BCUT2D eigenvalue weighted by Gasteiger charge is -2.11. The summed E-state index contributed by atoms with van der Waals surface area (Å²) in [6.45, 7) is 2.21. The van der Waals surface area contributed by atoms with Crippen molar-refractivity contribution in [3.8, 4) is 0 Å². The van der Waals surface area contributed by atoms with Crippen LogP contribution in [0.15, 0.2) is 12.4 Å². The zero-order valence-electron chi connectivity index (χ0n) is 11.0. The molecule has 0 aliphatic carbocycles. The first-order valence-corrected chi connectivity index (χ1v) is 6.18. The van der Waals surface area contributed by atoms with Crippen molar-refractivity contribution >= 4 is 5.69 Å². The summed E-state index contributed by atoms with van der Waals surface area (Å²) in [5.41, 5.74) is -0.0697. The molecule has 2 N–H and O–H groups in total. The van der Waals surface area contributed by atoms with Crippen LogP contribution in [-0.2, 0) is 11.3 Å². The zero-order valence-corrected chi connectivity index (χ0v) is 11.0.